The molecular formula is C19H19F3N2O2. The van der Waals surface area contributed by atoms with E-state index in [1.54, 1.807) is 17.2 Å². The molecule has 1 aliphatic rings. The second kappa shape index (κ2) is 6.97. The average molecular weight is 364 g/mol. The lowest BCUT2D eigenvalue weighted by molar-refractivity contribution is -0.0274. The van der Waals surface area contributed by atoms with Crippen LogP contribution in [-0.4, -0.2) is 28.1 Å². The molecule has 1 fully saturated rings. The van der Waals surface area contributed by atoms with Crippen LogP contribution in [0.5, 0.6) is 0 Å². The van der Waals surface area contributed by atoms with Crippen molar-refractivity contribution >= 4 is 6.09 Å². The maximum atomic E-state index is 13.5. The molecule has 3 rings (SSSR count). The lowest BCUT2D eigenvalue weighted by Gasteiger charge is -2.36. The van der Waals surface area contributed by atoms with Gasteiger partial charge in [-0.05, 0) is 43.2 Å². The van der Waals surface area contributed by atoms with Gasteiger partial charge in [-0.3, -0.25) is 4.98 Å². The highest BCUT2D eigenvalue weighted by Crippen LogP contribution is 2.29. The third-order valence-electron chi connectivity index (χ3n) is 4.34. The van der Waals surface area contributed by atoms with Gasteiger partial charge >= 0.3 is 6.09 Å². The van der Waals surface area contributed by atoms with Crippen molar-refractivity contribution in [2.75, 3.05) is 6.54 Å². The Morgan fingerprint density at radius 3 is 2.69 bits per heavy atom. The first-order chi connectivity index (χ1) is 12.2. The summed E-state index contributed by atoms with van der Waals surface area (Å²) >= 11 is 0. The summed E-state index contributed by atoms with van der Waals surface area (Å²) in [5.41, 5.74) is 0.637. The fourth-order valence-electron chi connectivity index (χ4n) is 2.83. The van der Waals surface area contributed by atoms with E-state index in [2.05, 4.69) is 4.98 Å². The molecule has 1 aliphatic heterocycles. The van der Waals surface area contributed by atoms with Crippen molar-refractivity contribution in [2.24, 2.45) is 0 Å². The minimum atomic E-state index is -2.89. The number of nitrogens with zero attached hydrogens (tertiary/aromatic N) is 2. The van der Waals surface area contributed by atoms with Crippen molar-refractivity contribution < 1.29 is 22.7 Å². The Morgan fingerprint density at radius 2 is 2.00 bits per heavy atom. The maximum Gasteiger partial charge on any atom is 0.410 e. The molecule has 1 amide bonds. The van der Waals surface area contributed by atoms with Crippen LogP contribution >= 0.6 is 0 Å². The highest BCUT2D eigenvalue weighted by molar-refractivity contribution is 5.69. The van der Waals surface area contributed by atoms with E-state index in [1.165, 1.54) is 12.3 Å². The molecule has 1 aromatic carbocycles. The topological polar surface area (TPSA) is 42.4 Å². The molecule has 0 saturated carbocycles. The Morgan fingerprint density at radius 1 is 1.23 bits per heavy atom. The SMILES string of the molecule is CC1(C)CCN(Cc2cncc(-c3ccc(F)c(C(F)F)c3)c2)C(=O)O1. The Hall–Kier alpha value is -2.57. The molecule has 138 valence electrons. The number of hydrogen-bond donors (Lipinski definition) is 0. The number of ether oxygens (including phenoxy) is 1. The van der Waals surface area contributed by atoms with Crippen molar-refractivity contribution in [3.05, 3.63) is 53.6 Å². The van der Waals surface area contributed by atoms with Crippen LogP contribution in [0.15, 0.2) is 36.7 Å². The Kier molecular flexibility index (Phi) is 4.89. The lowest BCUT2D eigenvalue weighted by atomic mass is 10.0. The molecule has 0 unspecified atom stereocenters. The summed E-state index contributed by atoms with van der Waals surface area (Å²) in [6, 6.07) is 5.33. The molecule has 1 saturated heterocycles. The summed E-state index contributed by atoms with van der Waals surface area (Å²) in [5, 5.41) is 0. The molecule has 0 aliphatic carbocycles. The molecule has 26 heavy (non-hydrogen) atoms. The summed E-state index contributed by atoms with van der Waals surface area (Å²) in [5.74, 6) is -0.938. The normalized spacial score (nSPS) is 16.7. The third-order valence-corrected chi connectivity index (χ3v) is 4.34. The smallest absolute Gasteiger partial charge is 0.410 e. The number of hydrogen-bond acceptors (Lipinski definition) is 3. The zero-order valence-corrected chi connectivity index (χ0v) is 14.5. The van der Waals surface area contributed by atoms with Crippen LogP contribution in [0.1, 0.15) is 37.8 Å². The van der Waals surface area contributed by atoms with Crippen molar-refractivity contribution in [2.45, 2.75) is 38.8 Å². The minimum Gasteiger partial charge on any atom is -0.443 e. The summed E-state index contributed by atoms with van der Waals surface area (Å²) in [7, 11) is 0. The standard InChI is InChI=1S/C19H19F3N2O2/c1-19(2)5-6-24(18(25)26-19)11-12-7-14(10-23-9-12)13-3-4-16(20)15(8-13)17(21)22/h3-4,7-10,17H,5-6,11H2,1-2H3. The number of cyclic esters (lactones) is 1. The Bertz CT molecular complexity index is 824. The van der Waals surface area contributed by atoms with Crippen LogP contribution in [-0.2, 0) is 11.3 Å². The van der Waals surface area contributed by atoms with E-state index in [0.717, 1.165) is 17.7 Å². The first-order valence-electron chi connectivity index (χ1n) is 8.25. The van der Waals surface area contributed by atoms with Gasteiger partial charge in [0.2, 0.25) is 0 Å². The summed E-state index contributed by atoms with van der Waals surface area (Å²) in [4.78, 5) is 17.8. The van der Waals surface area contributed by atoms with E-state index >= 15 is 0 Å². The third kappa shape index (κ3) is 3.98. The van der Waals surface area contributed by atoms with Crippen molar-refractivity contribution in [1.29, 1.82) is 0 Å². The van der Waals surface area contributed by atoms with E-state index in [1.807, 2.05) is 13.8 Å². The van der Waals surface area contributed by atoms with Gasteiger partial charge in [-0.25, -0.2) is 18.0 Å². The number of pyridine rings is 1. The number of benzene rings is 1. The molecule has 1 aromatic heterocycles. The monoisotopic (exact) mass is 364 g/mol. The summed E-state index contributed by atoms with van der Waals surface area (Å²) < 4.78 is 44.7. The molecule has 7 heteroatoms. The largest absolute Gasteiger partial charge is 0.443 e. The number of amides is 1. The zero-order valence-electron chi connectivity index (χ0n) is 14.5. The van der Waals surface area contributed by atoms with Crippen LogP contribution in [0.4, 0.5) is 18.0 Å². The van der Waals surface area contributed by atoms with Gasteiger partial charge in [0, 0.05) is 30.9 Å². The average Bonchev–Trinajstić information content (AvgIpc) is 2.57. The van der Waals surface area contributed by atoms with E-state index in [0.29, 0.717) is 30.6 Å². The van der Waals surface area contributed by atoms with E-state index < -0.39 is 29.5 Å². The van der Waals surface area contributed by atoms with Crippen molar-refractivity contribution in [3.63, 3.8) is 0 Å². The first kappa shape index (κ1) is 18.2. The summed E-state index contributed by atoms with van der Waals surface area (Å²) in [6.07, 6.45) is 0.546. The van der Waals surface area contributed by atoms with E-state index in [9.17, 15) is 18.0 Å². The second-order valence-corrected chi connectivity index (χ2v) is 6.92. The van der Waals surface area contributed by atoms with Gasteiger partial charge in [0.1, 0.15) is 11.4 Å². The zero-order chi connectivity index (χ0) is 18.9. The molecule has 0 spiro atoms. The van der Waals surface area contributed by atoms with Gasteiger partial charge in [-0.2, -0.15) is 0 Å². The molecule has 2 aromatic rings. The number of carbonyl (C=O) groups is 1. The molecule has 0 N–H and O–H groups in total. The molecule has 4 nitrogen and oxygen atoms in total. The van der Waals surface area contributed by atoms with Crippen LogP contribution < -0.4 is 0 Å². The Balaban J connectivity index is 1.81. The highest BCUT2D eigenvalue weighted by atomic mass is 19.3. The van der Waals surface area contributed by atoms with E-state index in [4.69, 9.17) is 4.74 Å². The molecular weight excluding hydrogens is 345 g/mol. The summed E-state index contributed by atoms with van der Waals surface area (Å²) in [6.45, 7) is 4.58. The highest BCUT2D eigenvalue weighted by Gasteiger charge is 2.32. The van der Waals surface area contributed by atoms with Gasteiger partial charge in [-0.1, -0.05) is 6.07 Å². The molecule has 0 atom stereocenters. The minimum absolute atomic E-state index is 0.304. The van der Waals surface area contributed by atoms with Crippen LogP contribution in [0.25, 0.3) is 11.1 Å². The number of alkyl halides is 2. The fourth-order valence-corrected chi connectivity index (χ4v) is 2.83. The molecule has 2 heterocycles. The fraction of sp³-hybridized carbons (Fsp3) is 0.368. The quantitative estimate of drug-likeness (QED) is 0.771. The maximum absolute atomic E-state index is 13.5. The van der Waals surface area contributed by atoms with Crippen molar-refractivity contribution in [1.82, 2.24) is 9.88 Å². The number of halogens is 3. The number of carbonyl (C=O) groups excluding carboxylic acids is 1. The van der Waals surface area contributed by atoms with Crippen molar-refractivity contribution in [3.8, 4) is 11.1 Å². The second-order valence-electron chi connectivity index (χ2n) is 6.92. The van der Waals surface area contributed by atoms with Gasteiger partial charge in [-0.15, -0.1) is 0 Å². The van der Waals surface area contributed by atoms with Gasteiger partial charge in [0.15, 0.2) is 0 Å². The number of aromatic nitrogens is 1. The first-order valence-corrected chi connectivity index (χ1v) is 8.25. The van der Waals surface area contributed by atoms with Gasteiger partial charge in [0.05, 0.1) is 12.1 Å². The predicted octanol–water partition coefficient (Wildman–Crippen LogP) is 4.95. The van der Waals surface area contributed by atoms with Gasteiger partial charge < -0.3 is 9.64 Å². The molecule has 0 bridgehead atoms. The molecule has 0 radical (unpaired) electrons. The van der Waals surface area contributed by atoms with Crippen LogP contribution in [0, 0.1) is 5.82 Å². The van der Waals surface area contributed by atoms with Gasteiger partial charge in [0.25, 0.3) is 6.43 Å². The van der Waals surface area contributed by atoms with E-state index in [-0.39, 0.29) is 0 Å². The van der Waals surface area contributed by atoms with Crippen LogP contribution in [0.3, 0.4) is 0 Å². The predicted molar refractivity (Wildman–Crippen MR) is 90.2 cm³/mol. The Labute approximate surface area is 149 Å². The number of rotatable bonds is 4. The van der Waals surface area contributed by atoms with Crippen LogP contribution in [0.2, 0.25) is 0 Å². The lowest BCUT2D eigenvalue weighted by Crippen LogP contribution is -2.46.